The molecule has 0 atom stereocenters. The second-order valence-corrected chi connectivity index (χ2v) is 6.08. The fourth-order valence-corrected chi connectivity index (χ4v) is 3.22. The van der Waals surface area contributed by atoms with E-state index in [1.54, 1.807) is 0 Å². The average Bonchev–Trinajstić information content (AvgIpc) is 2.48. The van der Waals surface area contributed by atoms with E-state index in [2.05, 4.69) is 21.0 Å². The maximum Gasteiger partial charge on any atom is 0.0738 e. The molecule has 0 aliphatic heterocycles. The summed E-state index contributed by atoms with van der Waals surface area (Å²) < 4.78 is 2.94. The van der Waals surface area contributed by atoms with Gasteiger partial charge < -0.3 is 5.11 Å². The first kappa shape index (κ1) is 13.1. The minimum absolute atomic E-state index is 0.529. The minimum atomic E-state index is -0.529. The van der Waals surface area contributed by atoms with Gasteiger partial charge in [-0.1, -0.05) is 25.7 Å². The molecule has 1 aliphatic rings. The van der Waals surface area contributed by atoms with Crippen molar-refractivity contribution in [1.82, 2.24) is 9.78 Å². The third kappa shape index (κ3) is 2.91. The first-order valence-electron chi connectivity index (χ1n) is 6.42. The molecule has 1 fully saturated rings. The molecule has 0 radical (unpaired) electrons. The van der Waals surface area contributed by atoms with Gasteiger partial charge in [0.2, 0.25) is 0 Å². The Balaban J connectivity index is 2.18. The van der Waals surface area contributed by atoms with E-state index < -0.39 is 5.60 Å². The van der Waals surface area contributed by atoms with Crippen LogP contribution in [0.5, 0.6) is 0 Å². The van der Waals surface area contributed by atoms with Crippen LogP contribution < -0.4 is 0 Å². The molecule has 0 unspecified atom stereocenters. The van der Waals surface area contributed by atoms with Crippen molar-refractivity contribution in [3.63, 3.8) is 0 Å². The van der Waals surface area contributed by atoms with Gasteiger partial charge in [-0.2, -0.15) is 5.10 Å². The van der Waals surface area contributed by atoms with Crippen molar-refractivity contribution in [3.05, 3.63) is 15.9 Å². The van der Waals surface area contributed by atoms with Crippen LogP contribution in [0.1, 0.15) is 49.9 Å². The number of nitrogens with zero attached hydrogens (tertiary/aromatic N) is 2. The van der Waals surface area contributed by atoms with Crippen LogP contribution in [0.2, 0.25) is 0 Å². The summed E-state index contributed by atoms with van der Waals surface area (Å²) in [5.74, 6) is 0. The fourth-order valence-electron chi connectivity index (χ4n) is 2.75. The molecule has 1 N–H and O–H groups in total. The van der Waals surface area contributed by atoms with Gasteiger partial charge in [0, 0.05) is 13.5 Å². The lowest BCUT2D eigenvalue weighted by atomic mass is 9.89. The van der Waals surface area contributed by atoms with Crippen molar-refractivity contribution in [1.29, 1.82) is 0 Å². The maximum absolute atomic E-state index is 10.7. The Bertz CT molecular complexity index is 392. The highest BCUT2D eigenvalue weighted by Gasteiger charge is 2.30. The Labute approximate surface area is 111 Å². The second kappa shape index (κ2) is 5.11. The van der Waals surface area contributed by atoms with Crippen molar-refractivity contribution in [2.45, 2.75) is 57.5 Å². The van der Waals surface area contributed by atoms with Crippen molar-refractivity contribution >= 4 is 15.9 Å². The van der Waals surface area contributed by atoms with Gasteiger partial charge in [-0.25, -0.2) is 0 Å². The van der Waals surface area contributed by atoms with Crippen LogP contribution in [0.4, 0.5) is 0 Å². The van der Waals surface area contributed by atoms with E-state index in [1.165, 1.54) is 12.8 Å². The molecule has 0 bridgehead atoms. The predicted octanol–water partition coefficient (Wildman–Crippen LogP) is 3.12. The molecule has 1 heterocycles. The highest BCUT2D eigenvalue weighted by molar-refractivity contribution is 9.10. The zero-order valence-corrected chi connectivity index (χ0v) is 12.3. The maximum atomic E-state index is 10.7. The van der Waals surface area contributed by atoms with Gasteiger partial charge in [-0.3, -0.25) is 4.68 Å². The first-order valence-corrected chi connectivity index (χ1v) is 7.21. The Morgan fingerprint density at radius 3 is 2.35 bits per heavy atom. The van der Waals surface area contributed by atoms with E-state index in [4.69, 9.17) is 0 Å². The van der Waals surface area contributed by atoms with E-state index in [9.17, 15) is 5.11 Å². The summed E-state index contributed by atoms with van der Waals surface area (Å²) in [5.41, 5.74) is 1.59. The van der Waals surface area contributed by atoms with E-state index in [0.717, 1.165) is 41.5 Å². The normalized spacial score (nSPS) is 20.2. The number of aliphatic hydroxyl groups is 1. The van der Waals surface area contributed by atoms with Gasteiger partial charge in [-0.05, 0) is 35.7 Å². The van der Waals surface area contributed by atoms with Crippen LogP contribution in [0.15, 0.2) is 4.47 Å². The smallest absolute Gasteiger partial charge is 0.0738 e. The van der Waals surface area contributed by atoms with Crippen molar-refractivity contribution in [2.24, 2.45) is 7.05 Å². The van der Waals surface area contributed by atoms with E-state index in [1.807, 2.05) is 18.7 Å². The Morgan fingerprint density at radius 1 is 1.29 bits per heavy atom. The first-order chi connectivity index (χ1) is 8.02. The van der Waals surface area contributed by atoms with Crippen LogP contribution in [0.25, 0.3) is 0 Å². The van der Waals surface area contributed by atoms with Gasteiger partial charge in [0.15, 0.2) is 0 Å². The molecule has 0 spiro atoms. The third-order valence-corrected chi connectivity index (χ3v) is 4.82. The zero-order chi connectivity index (χ0) is 12.5. The summed E-state index contributed by atoms with van der Waals surface area (Å²) in [4.78, 5) is 0. The summed E-state index contributed by atoms with van der Waals surface area (Å²) in [5, 5.41) is 15.1. The number of halogens is 1. The second-order valence-electron chi connectivity index (χ2n) is 5.29. The molecule has 96 valence electrons. The van der Waals surface area contributed by atoms with Gasteiger partial charge in [0.1, 0.15) is 0 Å². The zero-order valence-electron chi connectivity index (χ0n) is 10.7. The molecule has 1 aromatic rings. The van der Waals surface area contributed by atoms with E-state index in [0.29, 0.717) is 6.42 Å². The lowest BCUT2D eigenvalue weighted by Gasteiger charge is -2.26. The fraction of sp³-hybridized carbons (Fsp3) is 0.769. The summed E-state index contributed by atoms with van der Waals surface area (Å²) in [6.07, 6.45) is 7.36. The highest BCUT2D eigenvalue weighted by atomic mass is 79.9. The Hall–Kier alpha value is -0.350. The van der Waals surface area contributed by atoms with E-state index in [-0.39, 0.29) is 0 Å². The van der Waals surface area contributed by atoms with Gasteiger partial charge >= 0.3 is 0 Å². The van der Waals surface area contributed by atoms with Crippen LogP contribution >= 0.6 is 15.9 Å². The molecule has 2 rings (SSSR count). The van der Waals surface area contributed by atoms with Crippen LogP contribution in [-0.2, 0) is 13.5 Å². The monoisotopic (exact) mass is 300 g/mol. The third-order valence-electron chi connectivity index (χ3n) is 3.79. The van der Waals surface area contributed by atoms with Crippen molar-refractivity contribution in [2.75, 3.05) is 0 Å². The topological polar surface area (TPSA) is 38.0 Å². The molecular formula is C13H21BrN2O. The van der Waals surface area contributed by atoms with Gasteiger partial charge in [0.05, 0.1) is 21.5 Å². The SMILES string of the molecule is Cc1nn(C)c(CC2(O)CCCCCC2)c1Br. The Kier molecular flexibility index (Phi) is 3.93. The van der Waals surface area contributed by atoms with Crippen LogP contribution in [0, 0.1) is 6.92 Å². The Morgan fingerprint density at radius 2 is 1.88 bits per heavy atom. The van der Waals surface area contributed by atoms with Crippen molar-refractivity contribution in [3.8, 4) is 0 Å². The number of rotatable bonds is 2. The summed E-state index contributed by atoms with van der Waals surface area (Å²) in [6.45, 7) is 1.99. The summed E-state index contributed by atoms with van der Waals surface area (Å²) in [7, 11) is 1.95. The predicted molar refractivity (Wildman–Crippen MR) is 72.0 cm³/mol. The standard InChI is InChI=1S/C13H21BrN2O/c1-10-12(14)11(16(2)15-10)9-13(17)7-5-3-4-6-8-13/h17H,3-9H2,1-2H3. The number of aromatic nitrogens is 2. The summed E-state index contributed by atoms with van der Waals surface area (Å²) >= 11 is 3.58. The van der Waals surface area contributed by atoms with E-state index >= 15 is 0 Å². The highest BCUT2D eigenvalue weighted by Crippen LogP contribution is 2.32. The molecule has 4 heteroatoms. The average molecular weight is 301 g/mol. The molecule has 1 saturated carbocycles. The van der Waals surface area contributed by atoms with Crippen LogP contribution in [0.3, 0.4) is 0 Å². The molecule has 17 heavy (non-hydrogen) atoms. The molecular weight excluding hydrogens is 280 g/mol. The molecule has 3 nitrogen and oxygen atoms in total. The van der Waals surface area contributed by atoms with Crippen LogP contribution in [-0.4, -0.2) is 20.5 Å². The molecule has 0 amide bonds. The minimum Gasteiger partial charge on any atom is -0.389 e. The van der Waals surface area contributed by atoms with Gasteiger partial charge in [0.25, 0.3) is 0 Å². The lowest BCUT2D eigenvalue weighted by molar-refractivity contribution is 0.0234. The molecule has 1 aromatic heterocycles. The van der Waals surface area contributed by atoms with Gasteiger partial charge in [-0.15, -0.1) is 0 Å². The molecule has 0 saturated heterocycles. The lowest BCUT2D eigenvalue weighted by Crippen LogP contribution is -2.31. The number of hydrogen-bond donors (Lipinski definition) is 1. The molecule has 0 aromatic carbocycles. The largest absolute Gasteiger partial charge is 0.389 e. The van der Waals surface area contributed by atoms with Crippen molar-refractivity contribution < 1.29 is 5.11 Å². The molecule has 1 aliphatic carbocycles. The number of aryl methyl sites for hydroxylation is 2. The quantitative estimate of drug-likeness (QED) is 0.852. The summed E-state index contributed by atoms with van der Waals surface area (Å²) in [6, 6.07) is 0. The number of hydrogen-bond acceptors (Lipinski definition) is 2.